The number of phenolic OH excluding ortho intramolecular Hbond substituents is 1. The largest absolute Gasteiger partial charge is 0.506 e. The van der Waals surface area contributed by atoms with E-state index in [1.165, 1.54) is 35.2 Å². The number of amides is 1. The van der Waals surface area contributed by atoms with Crippen LogP contribution in [0.5, 0.6) is 5.75 Å². The van der Waals surface area contributed by atoms with Gasteiger partial charge in [0, 0.05) is 6.07 Å². The first-order chi connectivity index (χ1) is 12.9. The van der Waals surface area contributed by atoms with Crippen LogP contribution >= 0.6 is 23.1 Å². The van der Waals surface area contributed by atoms with E-state index in [1.54, 1.807) is 0 Å². The molecule has 0 spiro atoms. The number of carbonyl (C=O) groups excluding carboxylic acids is 1. The molecular formula is C16H18N6O3S2. The van der Waals surface area contributed by atoms with E-state index in [-0.39, 0.29) is 35.2 Å². The highest BCUT2D eigenvalue weighted by molar-refractivity contribution is 8.01. The molecule has 0 saturated heterocycles. The van der Waals surface area contributed by atoms with E-state index in [0.29, 0.717) is 5.13 Å². The first-order valence-corrected chi connectivity index (χ1v) is 9.82. The summed E-state index contributed by atoms with van der Waals surface area (Å²) in [5.74, 6) is 0.756. The van der Waals surface area contributed by atoms with Crippen molar-refractivity contribution in [1.82, 2.24) is 10.2 Å². The molecule has 0 aliphatic rings. The molecular weight excluding hydrogens is 388 g/mol. The lowest BCUT2D eigenvalue weighted by Crippen LogP contribution is -2.16. The van der Waals surface area contributed by atoms with Gasteiger partial charge in [-0.05, 0) is 17.7 Å². The van der Waals surface area contributed by atoms with Gasteiger partial charge in [-0.15, -0.1) is 20.4 Å². The van der Waals surface area contributed by atoms with Gasteiger partial charge in [0.2, 0.25) is 0 Å². The Morgan fingerprint density at radius 2 is 2.22 bits per heavy atom. The van der Waals surface area contributed by atoms with Gasteiger partial charge in [-0.1, -0.05) is 43.9 Å². The minimum Gasteiger partial charge on any atom is -0.506 e. The van der Waals surface area contributed by atoms with Gasteiger partial charge < -0.3 is 9.84 Å². The first kappa shape index (κ1) is 20.6. The molecule has 0 unspecified atom stereocenters. The van der Waals surface area contributed by atoms with Crippen molar-refractivity contribution in [3.63, 3.8) is 0 Å². The molecule has 1 aromatic heterocycles. The molecule has 0 aliphatic carbocycles. The Kier molecular flexibility index (Phi) is 7.51. The number of rotatable bonds is 7. The van der Waals surface area contributed by atoms with E-state index in [2.05, 4.69) is 25.7 Å². The fraction of sp³-hybridized carbons (Fsp3) is 0.375. The summed E-state index contributed by atoms with van der Waals surface area (Å²) in [7, 11) is 0. The number of aromatic nitrogens is 2. The average molecular weight is 406 g/mol. The number of carbonyl (C=O) groups is 1. The Labute approximate surface area is 164 Å². The van der Waals surface area contributed by atoms with Crippen LogP contribution in [-0.2, 0) is 4.74 Å². The molecule has 0 atom stereocenters. The van der Waals surface area contributed by atoms with Crippen molar-refractivity contribution in [2.24, 2.45) is 16.1 Å². The molecule has 2 rings (SSSR count). The summed E-state index contributed by atoms with van der Waals surface area (Å²) in [4.78, 5) is 11.9. The van der Waals surface area contributed by atoms with Gasteiger partial charge in [0.25, 0.3) is 5.13 Å². The summed E-state index contributed by atoms with van der Waals surface area (Å²) in [5, 5.41) is 37.7. The summed E-state index contributed by atoms with van der Waals surface area (Å²) < 4.78 is 5.83. The van der Waals surface area contributed by atoms with E-state index < -0.39 is 6.09 Å². The molecule has 9 nitrogen and oxygen atoms in total. The van der Waals surface area contributed by atoms with Crippen molar-refractivity contribution < 1.29 is 14.6 Å². The molecule has 0 saturated carbocycles. The predicted octanol–water partition coefficient (Wildman–Crippen LogP) is 4.85. The van der Waals surface area contributed by atoms with E-state index in [9.17, 15) is 9.90 Å². The Bertz CT molecular complexity index is 876. The maximum atomic E-state index is 11.9. The lowest BCUT2D eigenvalue weighted by atomic mass is 10.1. The smallest absolute Gasteiger partial charge is 0.411 e. The number of anilines is 1. The van der Waals surface area contributed by atoms with Crippen LogP contribution in [0.1, 0.15) is 26.3 Å². The second kappa shape index (κ2) is 9.84. The second-order valence-electron chi connectivity index (χ2n) is 5.60. The zero-order chi connectivity index (χ0) is 19.8. The second-order valence-corrected chi connectivity index (χ2v) is 8.07. The lowest BCUT2D eigenvalue weighted by molar-refractivity contribution is 0.147. The van der Waals surface area contributed by atoms with Crippen molar-refractivity contribution in [2.75, 3.05) is 17.7 Å². The van der Waals surface area contributed by atoms with Gasteiger partial charge in [-0.25, -0.2) is 4.79 Å². The third-order valence-corrected chi connectivity index (χ3v) is 4.75. The van der Waals surface area contributed by atoms with Crippen LogP contribution in [0.25, 0.3) is 0 Å². The molecule has 0 aliphatic heterocycles. The molecule has 1 amide bonds. The Hall–Kier alpha value is -2.71. The molecule has 0 radical (unpaired) electrons. The predicted molar refractivity (Wildman–Crippen MR) is 103 cm³/mol. The van der Waals surface area contributed by atoms with E-state index in [1.807, 2.05) is 26.8 Å². The SMILES string of the molecule is CCSc1nnc(N=Nc2cc(C#N)c(O)cc2NC(=O)OCC(C)C)s1. The summed E-state index contributed by atoms with van der Waals surface area (Å²) >= 11 is 2.81. The third-order valence-electron chi connectivity index (χ3n) is 2.93. The van der Waals surface area contributed by atoms with Gasteiger partial charge in [0.1, 0.15) is 17.5 Å². The highest BCUT2D eigenvalue weighted by Gasteiger charge is 2.13. The summed E-state index contributed by atoms with van der Waals surface area (Å²) in [6.07, 6.45) is -0.693. The Morgan fingerprint density at radius 1 is 1.44 bits per heavy atom. The minimum absolute atomic E-state index is 0.00420. The zero-order valence-corrected chi connectivity index (χ0v) is 16.6. The lowest BCUT2D eigenvalue weighted by Gasteiger charge is -2.11. The highest BCUT2D eigenvalue weighted by atomic mass is 32.2. The standard InChI is InChI=1S/C16H18N6O3S2/c1-4-26-16-22-21-14(27-16)20-19-12-5-10(7-17)13(23)6-11(12)18-15(24)25-8-9(2)3/h5-6,9,23H,4,8H2,1-3H3,(H,18,24). The van der Waals surface area contributed by atoms with E-state index >= 15 is 0 Å². The van der Waals surface area contributed by atoms with Gasteiger partial charge in [0.05, 0.1) is 17.9 Å². The first-order valence-electron chi connectivity index (χ1n) is 8.01. The molecule has 0 bridgehead atoms. The fourth-order valence-electron chi connectivity index (χ4n) is 1.76. The molecule has 142 valence electrons. The molecule has 1 aromatic carbocycles. The van der Waals surface area contributed by atoms with Gasteiger partial charge in [-0.3, -0.25) is 5.32 Å². The maximum Gasteiger partial charge on any atom is 0.411 e. The van der Waals surface area contributed by atoms with Crippen molar-refractivity contribution in [2.45, 2.75) is 25.1 Å². The van der Waals surface area contributed by atoms with E-state index in [4.69, 9.17) is 10.00 Å². The van der Waals surface area contributed by atoms with Gasteiger partial charge in [0.15, 0.2) is 4.34 Å². The number of aromatic hydroxyl groups is 1. The van der Waals surface area contributed by atoms with Crippen LogP contribution in [0.3, 0.4) is 0 Å². The molecule has 2 N–H and O–H groups in total. The number of hydrogen-bond acceptors (Lipinski definition) is 10. The van der Waals surface area contributed by atoms with Gasteiger partial charge in [-0.2, -0.15) is 5.26 Å². The van der Waals surface area contributed by atoms with Crippen LogP contribution in [0.2, 0.25) is 0 Å². The van der Waals surface area contributed by atoms with Crippen LogP contribution in [-0.4, -0.2) is 33.8 Å². The topological polar surface area (TPSA) is 133 Å². The molecule has 27 heavy (non-hydrogen) atoms. The molecule has 11 heteroatoms. The van der Waals surface area contributed by atoms with Crippen molar-refractivity contribution in [1.29, 1.82) is 5.26 Å². The minimum atomic E-state index is -0.693. The quantitative estimate of drug-likeness (QED) is 0.496. The van der Waals surface area contributed by atoms with Gasteiger partial charge >= 0.3 is 6.09 Å². The summed E-state index contributed by atoms with van der Waals surface area (Å²) in [6, 6.07) is 4.39. The number of nitrogens with zero attached hydrogens (tertiary/aromatic N) is 5. The number of azo groups is 1. The van der Waals surface area contributed by atoms with Crippen molar-refractivity contribution in [3.05, 3.63) is 17.7 Å². The number of nitriles is 1. The molecule has 0 fully saturated rings. The highest BCUT2D eigenvalue weighted by Crippen LogP contribution is 2.34. The van der Waals surface area contributed by atoms with Crippen molar-refractivity contribution >= 4 is 45.7 Å². The number of ether oxygens (including phenoxy) is 1. The molecule has 1 heterocycles. The van der Waals surface area contributed by atoms with Crippen LogP contribution in [0.15, 0.2) is 26.7 Å². The number of phenols is 1. The normalized spacial score (nSPS) is 10.9. The number of benzene rings is 1. The molecule has 2 aromatic rings. The summed E-state index contributed by atoms with van der Waals surface area (Å²) in [6.45, 7) is 6.07. The van der Waals surface area contributed by atoms with Crippen LogP contribution in [0.4, 0.5) is 21.3 Å². The number of nitrogens with one attached hydrogen (secondary N) is 1. The van der Waals surface area contributed by atoms with E-state index in [0.717, 1.165) is 10.1 Å². The average Bonchev–Trinajstić information content (AvgIpc) is 3.07. The Balaban J connectivity index is 2.25. The maximum absolute atomic E-state index is 11.9. The zero-order valence-electron chi connectivity index (χ0n) is 15.0. The number of thioether (sulfide) groups is 1. The monoisotopic (exact) mass is 406 g/mol. The van der Waals surface area contributed by atoms with Crippen LogP contribution in [0, 0.1) is 17.2 Å². The Morgan fingerprint density at radius 3 is 2.89 bits per heavy atom. The summed E-state index contributed by atoms with van der Waals surface area (Å²) in [5.41, 5.74) is 0.354. The van der Waals surface area contributed by atoms with Crippen molar-refractivity contribution in [3.8, 4) is 11.8 Å². The van der Waals surface area contributed by atoms with Crippen LogP contribution < -0.4 is 5.32 Å². The fourth-order valence-corrected chi connectivity index (χ4v) is 3.32. The number of hydrogen-bond donors (Lipinski definition) is 2. The third kappa shape index (κ3) is 6.19.